The average Bonchev–Trinajstić information content (AvgIpc) is 1.98. The van der Waals surface area contributed by atoms with Crippen molar-refractivity contribution in [3.05, 3.63) is 0 Å². The number of hydrogen-bond donors (Lipinski definition) is 3. The van der Waals surface area contributed by atoms with E-state index in [0.29, 0.717) is 25.6 Å². The van der Waals surface area contributed by atoms with Gasteiger partial charge in [0, 0.05) is 25.6 Å². The first kappa shape index (κ1) is 11.8. The average molecular weight is 214 g/mol. The van der Waals surface area contributed by atoms with E-state index in [4.69, 9.17) is 16.6 Å². The van der Waals surface area contributed by atoms with Crippen LogP contribution in [0.25, 0.3) is 0 Å². The van der Waals surface area contributed by atoms with Gasteiger partial charge in [0.25, 0.3) is 0 Å². The molecule has 0 bridgehead atoms. The Bertz CT molecular complexity index is 255. The molecular formula is C9H18N4O2. The standard InChI is InChI=1S/C9H18N4O2/c1-6(14)2-8(15)13-4-7(5-13)3-12-9(10)11/h6-7,14H,2-5H2,1H3,(H4,10,11,12). The van der Waals surface area contributed by atoms with Crippen molar-refractivity contribution in [2.45, 2.75) is 19.4 Å². The molecule has 6 heteroatoms. The monoisotopic (exact) mass is 214 g/mol. The summed E-state index contributed by atoms with van der Waals surface area (Å²) >= 11 is 0. The van der Waals surface area contributed by atoms with Gasteiger partial charge in [-0.25, -0.2) is 0 Å². The predicted molar refractivity (Wildman–Crippen MR) is 57.0 cm³/mol. The number of aliphatic imine (C=N–C) groups is 1. The minimum atomic E-state index is -0.575. The number of aliphatic hydroxyl groups is 1. The fraction of sp³-hybridized carbons (Fsp3) is 0.778. The second kappa shape index (κ2) is 4.97. The maximum atomic E-state index is 11.4. The SMILES string of the molecule is CC(O)CC(=O)N1CC(CN=C(N)N)C1. The highest BCUT2D eigenvalue weighted by Gasteiger charge is 2.30. The van der Waals surface area contributed by atoms with E-state index in [0.717, 1.165) is 0 Å². The molecule has 1 fully saturated rings. The lowest BCUT2D eigenvalue weighted by molar-refractivity contribution is -0.139. The molecule has 0 saturated carbocycles. The zero-order chi connectivity index (χ0) is 11.4. The molecule has 0 spiro atoms. The number of nitrogens with zero attached hydrogens (tertiary/aromatic N) is 2. The number of hydrogen-bond acceptors (Lipinski definition) is 3. The third-order valence-electron chi connectivity index (χ3n) is 2.31. The van der Waals surface area contributed by atoms with E-state index >= 15 is 0 Å². The summed E-state index contributed by atoms with van der Waals surface area (Å²) in [6, 6.07) is 0. The van der Waals surface area contributed by atoms with E-state index in [9.17, 15) is 4.79 Å². The van der Waals surface area contributed by atoms with Crippen molar-refractivity contribution in [2.75, 3.05) is 19.6 Å². The largest absolute Gasteiger partial charge is 0.393 e. The van der Waals surface area contributed by atoms with Gasteiger partial charge in [0.1, 0.15) is 0 Å². The van der Waals surface area contributed by atoms with Crippen LogP contribution in [0.1, 0.15) is 13.3 Å². The molecule has 0 radical (unpaired) electrons. The van der Waals surface area contributed by atoms with Gasteiger partial charge in [-0.3, -0.25) is 9.79 Å². The van der Waals surface area contributed by atoms with Crippen LogP contribution >= 0.6 is 0 Å². The molecule has 1 heterocycles. The molecule has 86 valence electrons. The van der Waals surface area contributed by atoms with Crippen molar-refractivity contribution >= 4 is 11.9 Å². The van der Waals surface area contributed by atoms with Crippen LogP contribution in [0, 0.1) is 5.92 Å². The highest BCUT2D eigenvalue weighted by atomic mass is 16.3. The lowest BCUT2D eigenvalue weighted by Crippen LogP contribution is -2.51. The Morgan fingerprint density at radius 1 is 1.60 bits per heavy atom. The molecule has 5 N–H and O–H groups in total. The maximum Gasteiger partial charge on any atom is 0.225 e. The van der Waals surface area contributed by atoms with Crippen LogP contribution in [0.5, 0.6) is 0 Å². The molecule has 0 aromatic carbocycles. The van der Waals surface area contributed by atoms with Crippen molar-refractivity contribution in [3.8, 4) is 0 Å². The van der Waals surface area contributed by atoms with Gasteiger partial charge < -0.3 is 21.5 Å². The molecule has 6 nitrogen and oxygen atoms in total. The Hall–Kier alpha value is -1.30. The van der Waals surface area contributed by atoms with Crippen LogP contribution in [0.4, 0.5) is 0 Å². The van der Waals surface area contributed by atoms with Gasteiger partial charge >= 0.3 is 0 Å². The van der Waals surface area contributed by atoms with E-state index < -0.39 is 6.10 Å². The number of amides is 1. The predicted octanol–water partition coefficient (Wildman–Crippen LogP) is -1.51. The van der Waals surface area contributed by atoms with Gasteiger partial charge in [-0.2, -0.15) is 0 Å². The molecule has 1 rings (SSSR count). The summed E-state index contributed by atoms with van der Waals surface area (Å²) in [5.74, 6) is 0.430. The topological polar surface area (TPSA) is 105 Å². The second-order valence-corrected chi connectivity index (χ2v) is 3.98. The summed E-state index contributed by atoms with van der Waals surface area (Å²) in [6.07, 6.45) is -0.385. The minimum Gasteiger partial charge on any atom is -0.393 e. The van der Waals surface area contributed by atoms with E-state index in [1.165, 1.54) is 0 Å². The molecule has 1 aliphatic heterocycles. The van der Waals surface area contributed by atoms with Crippen LogP contribution in [0.15, 0.2) is 4.99 Å². The number of rotatable bonds is 4. The van der Waals surface area contributed by atoms with Gasteiger partial charge in [0.05, 0.1) is 12.5 Å². The van der Waals surface area contributed by atoms with Crippen molar-refractivity contribution in [3.63, 3.8) is 0 Å². The third-order valence-corrected chi connectivity index (χ3v) is 2.31. The van der Waals surface area contributed by atoms with Crippen LogP contribution in [-0.2, 0) is 4.79 Å². The molecule has 0 aliphatic carbocycles. The van der Waals surface area contributed by atoms with Gasteiger partial charge in [-0.05, 0) is 6.92 Å². The quantitative estimate of drug-likeness (QED) is 0.391. The molecule has 1 saturated heterocycles. The molecule has 1 unspecified atom stereocenters. The Morgan fingerprint density at radius 2 is 2.20 bits per heavy atom. The summed E-state index contributed by atoms with van der Waals surface area (Å²) in [4.78, 5) is 17.0. The van der Waals surface area contributed by atoms with Gasteiger partial charge in [0.15, 0.2) is 5.96 Å². The highest BCUT2D eigenvalue weighted by Crippen LogP contribution is 2.17. The number of likely N-dealkylation sites (tertiary alicyclic amines) is 1. The third kappa shape index (κ3) is 3.75. The van der Waals surface area contributed by atoms with E-state index in [-0.39, 0.29) is 18.3 Å². The Balaban J connectivity index is 2.20. The maximum absolute atomic E-state index is 11.4. The Labute approximate surface area is 88.9 Å². The van der Waals surface area contributed by atoms with E-state index in [2.05, 4.69) is 4.99 Å². The summed E-state index contributed by atoms with van der Waals surface area (Å²) in [5, 5.41) is 9.03. The first-order valence-electron chi connectivity index (χ1n) is 5.00. The summed E-state index contributed by atoms with van der Waals surface area (Å²) in [5.41, 5.74) is 10.4. The molecule has 0 aromatic rings. The summed E-state index contributed by atoms with van der Waals surface area (Å²) in [7, 11) is 0. The zero-order valence-electron chi connectivity index (χ0n) is 8.89. The smallest absolute Gasteiger partial charge is 0.225 e. The number of nitrogens with two attached hydrogens (primary N) is 2. The molecule has 1 aliphatic rings. The number of aliphatic hydroxyl groups excluding tert-OH is 1. The first-order valence-corrected chi connectivity index (χ1v) is 5.00. The number of carbonyl (C=O) groups is 1. The van der Waals surface area contributed by atoms with Crippen molar-refractivity contribution in [1.29, 1.82) is 0 Å². The van der Waals surface area contributed by atoms with Crippen molar-refractivity contribution in [2.24, 2.45) is 22.4 Å². The second-order valence-electron chi connectivity index (χ2n) is 3.98. The zero-order valence-corrected chi connectivity index (χ0v) is 8.89. The minimum absolute atomic E-state index is 0.00838. The molecule has 1 amide bonds. The fourth-order valence-corrected chi connectivity index (χ4v) is 1.51. The van der Waals surface area contributed by atoms with Crippen LogP contribution < -0.4 is 11.5 Å². The molecule has 0 aromatic heterocycles. The highest BCUT2D eigenvalue weighted by molar-refractivity contribution is 5.77. The molecule has 1 atom stereocenters. The first-order chi connectivity index (χ1) is 6.99. The lowest BCUT2D eigenvalue weighted by atomic mass is 9.99. The van der Waals surface area contributed by atoms with Crippen molar-refractivity contribution < 1.29 is 9.90 Å². The van der Waals surface area contributed by atoms with Gasteiger partial charge in [-0.15, -0.1) is 0 Å². The molecular weight excluding hydrogens is 196 g/mol. The lowest BCUT2D eigenvalue weighted by Gasteiger charge is -2.38. The fourth-order valence-electron chi connectivity index (χ4n) is 1.51. The number of guanidine groups is 1. The van der Waals surface area contributed by atoms with Crippen LogP contribution in [-0.4, -0.2) is 47.6 Å². The normalized spacial score (nSPS) is 18.1. The summed E-state index contributed by atoms with van der Waals surface area (Å²) in [6.45, 7) is 3.54. The number of carbonyl (C=O) groups excluding carboxylic acids is 1. The van der Waals surface area contributed by atoms with Crippen molar-refractivity contribution in [1.82, 2.24) is 4.90 Å². The van der Waals surface area contributed by atoms with E-state index in [1.807, 2.05) is 0 Å². The van der Waals surface area contributed by atoms with E-state index in [1.54, 1.807) is 11.8 Å². The molecule has 15 heavy (non-hydrogen) atoms. The van der Waals surface area contributed by atoms with Crippen LogP contribution in [0.3, 0.4) is 0 Å². The Kier molecular flexibility index (Phi) is 3.90. The van der Waals surface area contributed by atoms with Gasteiger partial charge in [0.2, 0.25) is 5.91 Å². The van der Waals surface area contributed by atoms with Crippen LogP contribution in [0.2, 0.25) is 0 Å². The summed E-state index contributed by atoms with van der Waals surface area (Å²) < 4.78 is 0. The van der Waals surface area contributed by atoms with Gasteiger partial charge in [-0.1, -0.05) is 0 Å². The Morgan fingerprint density at radius 3 is 2.67 bits per heavy atom.